The molecule has 1 heterocycles. The normalized spacial score (nSPS) is 30.8. The number of alkyl halides is 1. The highest BCUT2D eigenvalue weighted by Crippen LogP contribution is 2.41. The Morgan fingerprint density at radius 1 is 1.21 bits per heavy atom. The van der Waals surface area contributed by atoms with Crippen molar-refractivity contribution < 1.29 is 9.53 Å². The number of carbonyl (C=O) groups excluding carboxylic acids is 1. The van der Waals surface area contributed by atoms with Gasteiger partial charge in [0.1, 0.15) is 6.10 Å². The van der Waals surface area contributed by atoms with Gasteiger partial charge in [-0.3, -0.25) is 0 Å². The lowest BCUT2D eigenvalue weighted by Crippen LogP contribution is -2.39. The van der Waals surface area contributed by atoms with Gasteiger partial charge in [0.05, 0.1) is 5.57 Å². The minimum atomic E-state index is -0.198. The predicted molar refractivity (Wildman–Crippen MR) is 75.9 cm³/mol. The van der Waals surface area contributed by atoms with Gasteiger partial charge in [0.25, 0.3) is 0 Å². The fraction of sp³-hybridized carbons (Fsp3) is 0.438. The molecule has 3 rings (SSSR count). The van der Waals surface area contributed by atoms with Crippen LogP contribution in [0.15, 0.2) is 35.9 Å². The van der Waals surface area contributed by atoms with E-state index in [9.17, 15) is 4.79 Å². The number of ether oxygens (including phenoxy) is 1. The second-order valence-electron chi connectivity index (χ2n) is 5.38. The summed E-state index contributed by atoms with van der Waals surface area (Å²) >= 11 is 6.18. The van der Waals surface area contributed by atoms with E-state index in [1.54, 1.807) is 0 Å². The molecule has 0 aromatic heterocycles. The number of rotatable bonds is 1. The van der Waals surface area contributed by atoms with Crippen molar-refractivity contribution in [1.29, 1.82) is 0 Å². The Morgan fingerprint density at radius 2 is 1.95 bits per heavy atom. The van der Waals surface area contributed by atoms with Crippen molar-refractivity contribution >= 4 is 23.1 Å². The molecule has 0 radical (unpaired) electrons. The molecule has 1 aromatic rings. The van der Waals surface area contributed by atoms with Crippen LogP contribution < -0.4 is 0 Å². The Morgan fingerprint density at radius 3 is 2.68 bits per heavy atom. The molecule has 100 valence electrons. The quantitative estimate of drug-likeness (QED) is 0.576. The largest absolute Gasteiger partial charge is 0.458 e. The number of halogens is 1. The van der Waals surface area contributed by atoms with Gasteiger partial charge in [0.15, 0.2) is 0 Å². The number of esters is 1. The van der Waals surface area contributed by atoms with Crippen LogP contribution in [0.1, 0.15) is 31.7 Å². The highest BCUT2D eigenvalue weighted by atomic mass is 35.5. The highest BCUT2D eigenvalue weighted by Gasteiger charge is 2.39. The Bertz CT molecular complexity index is 521. The Hall–Kier alpha value is -1.28. The molecule has 0 bridgehead atoms. The lowest BCUT2D eigenvalue weighted by atomic mass is 9.77. The summed E-state index contributed by atoms with van der Waals surface area (Å²) in [5.74, 6) is 0.138. The van der Waals surface area contributed by atoms with E-state index in [2.05, 4.69) is 6.92 Å². The first kappa shape index (κ1) is 12.7. The van der Waals surface area contributed by atoms with Gasteiger partial charge < -0.3 is 4.74 Å². The van der Waals surface area contributed by atoms with Crippen molar-refractivity contribution in [2.24, 2.45) is 5.92 Å². The summed E-state index contributed by atoms with van der Waals surface area (Å²) in [7, 11) is 0. The Balaban J connectivity index is 2.00. The van der Waals surface area contributed by atoms with Crippen LogP contribution >= 0.6 is 11.6 Å². The fourth-order valence-electron chi connectivity index (χ4n) is 3.20. The second kappa shape index (κ2) is 5.01. The summed E-state index contributed by atoms with van der Waals surface area (Å²) in [6, 6.07) is 9.78. The molecule has 2 nitrogen and oxygen atoms in total. The number of benzene rings is 1. The third-order valence-corrected chi connectivity index (χ3v) is 4.60. The van der Waals surface area contributed by atoms with Crippen LogP contribution in [-0.4, -0.2) is 17.5 Å². The van der Waals surface area contributed by atoms with Crippen molar-refractivity contribution in [1.82, 2.24) is 0 Å². The van der Waals surface area contributed by atoms with Gasteiger partial charge in [-0.2, -0.15) is 0 Å². The first-order valence-corrected chi connectivity index (χ1v) is 7.21. The molecule has 3 heteroatoms. The number of carbonyl (C=O) groups is 1. The molecular weight excluding hydrogens is 260 g/mol. The molecule has 1 saturated carbocycles. The maximum atomic E-state index is 12.2. The minimum Gasteiger partial charge on any atom is -0.458 e. The average Bonchev–Trinajstić information content (AvgIpc) is 2.39. The van der Waals surface area contributed by atoms with Gasteiger partial charge in [-0.15, -0.1) is 11.6 Å². The standard InChI is InChI=1S/C16H17ClO2/c1-10-13-8-7-12(17)9-14(13)19-16(18)15(10)11-5-3-2-4-6-11/h2-6,12-14H,7-9H2,1H3/t12-,13-,14-/m1/s1. The van der Waals surface area contributed by atoms with E-state index in [0.717, 1.165) is 36.0 Å². The molecule has 0 spiro atoms. The third kappa shape index (κ3) is 2.30. The van der Waals surface area contributed by atoms with Gasteiger partial charge >= 0.3 is 5.97 Å². The van der Waals surface area contributed by atoms with Crippen LogP contribution in [0.5, 0.6) is 0 Å². The van der Waals surface area contributed by atoms with Crippen LogP contribution in [0.4, 0.5) is 0 Å². The van der Waals surface area contributed by atoms with Crippen LogP contribution in [0, 0.1) is 5.92 Å². The SMILES string of the molecule is CC1=C(c2ccccc2)C(=O)O[C@@H]2C[C@H](Cl)CC[C@H]12. The molecule has 2 aliphatic rings. The highest BCUT2D eigenvalue weighted by molar-refractivity contribution is 6.21. The lowest BCUT2D eigenvalue weighted by molar-refractivity contribution is -0.147. The molecule has 0 saturated heterocycles. The van der Waals surface area contributed by atoms with Crippen molar-refractivity contribution in [3.8, 4) is 0 Å². The summed E-state index contributed by atoms with van der Waals surface area (Å²) < 4.78 is 5.62. The molecule has 1 aromatic carbocycles. The summed E-state index contributed by atoms with van der Waals surface area (Å²) in [4.78, 5) is 12.2. The number of fused-ring (bicyclic) bond motifs is 1. The van der Waals surface area contributed by atoms with E-state index in [4.69, 9.17) is 16.3 Å². The summed E-state index contributed by atoms with van der Waals surface area (Å²) in [5, 5.41) is 0.139. The zero-order valence-electron chi connectivity index (χ0n) is 10.9. The van der Waals surface area contributed by atoms with E-state index in [1.807, 2.05) is 30.3 Å². The van der Waals surface area contributed by atoms with E-state index < -0.39 is 0 Å². The van der Waals surface area contributed by atoms with E-state index in [1.165, 1.54) is 0 Å². The molecule has 0 unspecified atom stereocenters. The summed E-state index contributed by atoms with van der Waals surface area (Å²) in [6.45, 7) is 2.06. The molecule has 1 aliphatic carbocycles. The van der Waals surface area contributed by atoms with Gasteiger partial charge in [-0.25, -0.2) is 4.79 Å². The Labute approximate surface area is 118 Å². The topological polar surface area (TPSA) is 26.3 Å². The third-order valence-electron chi connectivity index (χ3n) is 4.20. The molecule has 0 N–H and O–H groups in total. The predicted octanol–water partition coefficient (Wildman–Crippen LogP) is 3.79. The smallest absolute Gasteiger partial charge is 0.338 e. The molecule has 3 atom stereocenters. The number of hydrogen-bond donors (Lipinski definition) is 0. The lowest BCUT2D eigenvalue weighted by Gasteiger charge is -2.38. The number of hydrogen-bond acceptors (Lipinski definition) is 2. The average molecular weight is 277 g/mol. The van der Waals surface area contributed by atoms with E-state index in [0.29, 0.717) is 5.92 Å². The molecule has 1 fully saturated rings. The van der Waals surface area contributed by atoms with Gasteiger partial charge in [0.2, 0.25) is 0 Å². The first-order chi connectivity index (χ1) is 9.16. The second-order valence-corrected chi connectivity index (χ2v) is 6.00. The summed E-state index contributed by atoms with van der Waals surface area (Å²) in [5.41, 5.74) is 2.86. The van der Waals surface area contributed by atoms with Gasteiger partial charge in [0, 0.05) is 17.7 Å². The zero-order chi connectivity index (χ0) is 13.4. The zero-order valence-corrected chi connectivity index (χ0v) is 11.7. The summed E-state index contributed by atoms with van der Waals surface area (Å²) in [6.07, 6.45) is 2.75. The van der Waals surface area contributed by atoms with Crippen LogP contribution in [0.3, 0.4) is 0 Å². The van der Waals surface area contributed by atoms with E-state index >= 15 is 0 Å². The van der Waals surface area contributed by atoms with Crippen LogP contribution in [-0.2, 0) is 9.53 Å². The van der Waals surface area contributed by atoms with Crippen molar-refractivity contribution in [2.45, 2.75) is 37.7 Å². The van der Waals surface area contributed by atoms with Crippen molar-refractivity contribution in [3.63, 3.8) is 0 Å². The maximum Gasteiger partial charge on any atom is 0.338 e. The van der Waals surface area contributed by atoms with Gasteiger partial charge in [-0.05, 0) is 25.3 Å². The van der Waals surface area contributed by atoms with Crippen molar-refractivity contribution in [2.75, 3.05) is 0 Å². The first-order valence-electron chi connectivity index (χ1n) is 6.78. The van der Waals surface area contributed by atoms with Crippen molar-refractivity contribution in [3.05, 3.63) is 41.5 Å². The monoisotopic (exact) mass is 276 g/mol. The fourth-order valence-corrected chi connectivity index (χ4v) is 3.50. The van der Waals surface area contributed by atoms with Gasteiger partial charge in [-0.1, -0.05) is 35.9 Å². The minimum absolute atomic E-state index is 0.0313. The Kier molecular flexibility index (Phi) is 3.36. The maximum absolute atomic E-state index is 12.2. The van der Waals surface area contributed by atoms with Crippen LogP contribution in [0.2, 0.25) is 0 Å². The van der Waals surface area contributed by atoms with Crippen LogP contribution in [0.25, 0.3) is 5.57 Å². The van der Waals surface area contributed by atoms with E-state index in [-0.39, 0.29) is 17.5 Å². The molecule has 0 amide bonds. The molecular formula is C16H17ClO2. The molecule has 1 aliphatic heterocycles. The molecule has 19 heavy (non-hydrogen) atoms.